The van der Waals surface area contributed by atoms with Crippen molar-refractivity contribution in [3.05, 3.63) is 71.4 Å². The van der Waals surface area contributed by atoms with Crippen LogP contribution in [0.3, 0.4) is 0 Å². The second-order valence-corrected chi connectivity index (χ2v) is 10.8. The molecule has 0 aliphatic carbocycles. The number of fused-ring (bicyclic) bond motifs is 1. The number of aromatic nitrogens is 2. The number of carbonyl (C=O) groups excluding carboxylic acids is 1. The number of amides is 1. The van der Waals surface area contributed by atoms with E-state index in [0.717, 1.165) is 12.3 Å². The Hall–Kier alpha value is -3.86. The number of rotatable bonds is 8. The predicted molar refractivity (Wildman–Crippen MR) is 150 cm³/mol. The largest absolute Gasteiger partial charge is 0.495 e. The molecule has 0 bridgehead atoms. The van der Waals surface area contributed by atoms with E-state index in [9.17, 15) is 13.2 Å². The van der Waals surface area contributed by atoms with Crippen molar-refractivity contribution in [1.29, 1.82) is 0 Å². The molecule has 9 nitrogen and oxygen atoms in total. The van der Waals surface area contributed by atoms with Gasteiger partial charge in [-0.3, -0.25) is 4.79 Å². The Morgan fingerprint density at radius 2 is 1.68 bits per heavy atom. The van der Waals surface area contributed by atoms with Gasteiger partial charge in [-0.25, -0.2) is 18.4 Å². The molecule has 0 aliphatic rings. The molecule has 1 aromatic heterocycles. The monoisotopic (exact) mass is 572 g/mol. The molecule has 0 radical (unpaired) electrons. The topological polar surface area (TPSA) is 120 Å². The average Bonchev–Trinajstić information content (AvgIpc) is 2.89. The van der Waals surface area contributed by atoms with E-state index < -0.39 is 15.7 Å². The summed E-state index contributed by atoms with van der Waals surface area (Å²) in [5.41, 5.74) is 2.48. The van der Waals surface area contributed by atoms with Gasteiger partial charge in [0.1, 0.15) is 11.5 Å². The maximum absolute atomic E-state index is 12.0. The SMILES string of the molecule is C=CC(=O)Nc1cc(S(C)(=O)=O)ccc1Nc1ncc2cc(-c3c(Cl)c(OC)cc(OC)c3Cl)ccc2n1. The van der Waals surface area contributed by atoms with Gasteiger partial charge in [-0.15, -0.1) is 0 Å². The number of ether oxygens (including phenoxy) is 2. The average molecular weight is 573 g/mol. The third-order valence-corrected chi connectivity index (χ3v) is 7.41. The van der Waals surface area contributed by atoms with Crippen LogP contribution in [0.2, 0.25) is 10.0 Å². The number of benzene rings is 3. The van der Waals surface area contributed by atoms with E-state index in [1.165, 1.54) is 32.4 Å². The van der Waals surface area contributed by atoms with Crippen LogP contribution in [0.15, 0.2) is 66.2 Å². The number of nitrogens with one attached hydrogen (secondary N) is 2. The summed E-state index contributed by atoms with van der Waals surface area (Å²) in [5, 5.41) is 7.00. The van der Waals surface area contributed by atoms with Gasteiger partial charge in [0, 0.05) is 29.5 Å². The van der Waals surface area contributed by atoms with E-state index in [2.05, 4.69) is 27.2 Å². The summed E-state index contributed by atoms with van der Waals surface area (Å²) in [7, 11) is -0.491. The number of sulfone groups is 1. The van der Waals surface area contributed by atoms with Crippen LogP contribution in [-0.2, 0) is 14.6 Å². The highest BCUT2D eigenvalue weighted by Crippen LogP contribution is 2.46. The lowest BCUT2D eigenvalue weighted by Crippen LogP contribution is -2.11. The van der Waals surface area contributed by atoms with E-state index in [1.54, 1.807) is 18.3 Å². The smallest absolute Gasteiger partial charge is 0.247 e. The number of hydrogen-bond donors (Lipinski definition) is 2. The van der Waals surface area contributed by atoms with Gasteiger partial charge in [0.15, 0.2) is 9.84 Å². The minimum Gasteiger partial charge on any atom is -0.495 e. The molecule has 0 saturated heterocycles. The van der Waals surface area contributed by atoms with Crippen molar-refractivity contribution in [2.45, 2.75) is 4.90 Å². The van der Waals surface area contributed by atoms with Gasteiger partial charge in [0.25, 0.3) is 0 Å². The highest BCUT2D eigenvalue weighted by Gasteiger charge is 2.19. The molecule has 0 saturated carbocycles. The molecule has 0 unspecified atom stereocenters. The summed E-state index contributed by atoms with van der Waals surface area (Å²) in [5.74, 6) is 0.558. The van der Waals surface area contributed by atoms with Gasteiger partial charge in [0.05, 0.1) is 46.1 Å². The lowest BCUT2D eigenvalue weighted by Gasteiger charge is -2.15. The van der Waals surface area contributed by atoms with Crippen LogP contribution in [0.1, 0.15) is 0 Å². The van der Waals surface area contributed by atoms with Crippen LogP contribution in [0.4, 0.5) is 17.3 Å². The Morgan fingerprint density at radius 1 is 1.00 bits per heavy atom. The Bertz CT molecular complexity index is 1670. The number of hydrogen-bond acceptors (Lipinski definition) is 8. The summed E-state index contributed by atoms with van der Waals surface area (Å²) in [6.07, 6.45) is 3.77. The van der Waals surface area contributed by atoms with Crippen molar-refractivity contribution in [2.24, 2.45) is 0 Å². The minimum absolute atomic E-state index is 0.0425. The van der Waals surface area contributed by atoms with Crippen molar-refractivity contribution in [2.75, 3.05) is 31.1 Å². The number of carbonyl (C=O) groups is 1. The molecule has 0 aliphatic heterocycles. The molecule has 1 amide bonds. The maximum atomic E-state index is 12.0. The van der Waals surface area contributed by atoms with Crippen molar-refractivity contribution < 1.29 is 22.7 Å². The Balaban J connectivity index is 1.72. The first-order valence-electron chi connectivity index (χ1n) is 11.0. The summed E-state index contributed by atoms with van der Waals surface area (Å²) >= 11 is 13.1. The fraction of sp³-hybridized carbons (Fsp3) is 0.115. The van der Waals surface area contributed by atoms with E-state index in [-0.39, 0.29) is 16.5 Å². The van der Waals surface area contributed by atoms with Crippen LogP contribution < -0.4 is 20.1 Å². The number of anilines is 3. The second-order valence-electron chi connectivity index (χ2n) is 8.05. The quantitative estimate of drug-likeness (QED) is 0.251. The molecule has 12 heteroatoms. The number of nitrogens with zero attached hydrogens (tertiary/aromatic N) is 2. The van der Waals surface area contributed by atoms with Crippen molar-refractivity contribution in [1.82, 2.24) is 9.97 Å². The molecule has 4 rings (SSSR count). The van der Waals surface area contributed by atoms with Gasteiger partial charge in [0.2, 0.25) is 11.9 Å². The first-order valence-corrected chi connectivity index (χ1v) is 13.6. The molecule has 3 aromatic carbocycles. The highest BCUT2D eigenvalue weighted by molar-refractivity contribution is 7.90. The summed E-state index contributed by atoms with van der Waals surface area (Å²) < 4.78 is 34.7. The second kappa shape index (κ2) is 10.9. The van der Waals surface area contributed by atoms with Crippen LogP contribution in [0.25, 0.3) is 22.0 Å². The molecule has 0 atom stereocenters. The zero-order valence-electron chi connectivity index (χ0n) is 20.5. The zero-order chi connectivity index (χ0) is 27.6. The Labute approximate surface area is 229 Å². The third kappa shape index (κ3) is 5.52. The molecule has 2 N–H and O–H groups in total. The first kappa shape index (κ1) is 27.2. The molecule has 38 heavy (non-hydrogen) atoms. The molecule has 196 valence electrons. The van der Waals surface area contributed by atoms with Gasteiger partial charge >= 0.3 is 0 Å². The van der Waals surface area contributed by atoms with Crippen LogP contribution in [0.5, 0.6) is 11.5 Å². The lowest BCUT2D eigenvalue weighted by atomic mass is 10.0. The maximum Gasteiger partial charge on any atom is 0.247 e. The molecular weight excluding hydrogens is 551 g/mol. The lowest BCUT2D eigenvalue weighted by molar-refractivity contribution is -0.111. The van der Waals surface area contributed by atoms with E-state index in [4.69, 9.17) is 32.7 Å². The van der Waals surface area contributed by atoms with Gasteiger partial charge in [-0.05, 0) is 42.0 Å². The fourth-order valence-electron chi connectivity index (χ4n) is 3.66. The standard InChI is InChI=1S/C26H22Cl2N4O5S/c1-5-22(33)30-19-11-16(38(4,34)35)7-9-18(19)32-26-29-13-15-10-14(6-8-17(15)31-26)23-24(27)20(36-2)12-21(37-3)25(23)28/h5-13H,1H2,2-4H3,(H,30,33)(H,29,31,32). The minimum atomic E-state index is -3.50. The molecule has 4 aromatic rings. The highest BCUT2D eigenvalue weighted by atomic mass is 35.5. The van der Waals surface area contributed by atoms with Crippen molar-refractivity contribution in [3.63, 3.8) is 0 Å². The predicted octanol–water partition coefficient (Wildman–Crippen LogP) is 5.89. The Kier molecular flexibility index (Phi) is 7.77. The summed E-state index contributed by atoms with van der Waals surface area (Å²) in [6, 6.07) is 11.3. The van der Waals surface area contributed by atoms with Gasteiger partial charge in [-0.1, -0.05) is 35.8 Å². The van der Waals surface area contributed by atoms with E-state index in [1.807, 2.05) is 12.1 Å². The normalized spacial score (nSPS) is 11.2. The summed E-state index contributed by atoms with van der Waals surface area (Å²) in [4.78, 5) is 20.9. The van der Waals surface area contributed by atoms with Gasteiger partial charge < -0.3 is 20.1 Å². The number of methoxy groups -OCH3 is 2. The zero-order valence-corrected chi connectivity index (χ0v) is 22.8. The molecular formula is C26H22Cl2N4O5S. The third-order valence-electron chi connectivity index (χ3n) is 5.55. The first-order chi connectivity index (χ1) is 18.0. The van der Waals surface area contributed by atoms with E-state index in [0.29, 0.717) is 49.3 Å². The molecule has 0 spiro atoms. The van der Waals surface area contributed by atoms with Crippen LogP contribution in [0, 0.1) is 0 Å². The van der Waals surface area contributed by atoms with Crippen molar-refractivity contribution in [3.8, 4) is 22.6 Å². The Morgan fingerprint density at radius 3 is 2.29 bits per heavy atom. The van der Waals surface area contributed by atoms with E-state index >= 15 is 0 Å². The van der Waals surface area contributed by atoms with Gasteiger partial charge in [-0.2, -0.15) is 0 Å². The fourth-order valence-corrected chi connectivity index (χ4v) is 5.02. The molecule has 0 fully saturated rings. The summed E-state index contributed by atoms with van der Waals surface area (Å²) in [6.45, 7) is 3.43. The van der Waals surface area contributed by atoms with Crippen LogP contribution in [-0.4, -0.2) is 44.8 Å². The molecule has 1 heterocycles. The number of halogens is 2. The van der Waals surface area contributed by atoms with Crippen LogP contribution >= 0.6 is 23.2 Å². The van der Waals surface area contributed by atoms with Crippen molar-refractivity contribution >= 4 is 67.2 Å².